The number of nitrogens with zero attached hydrogens (tertiary/aromatic N) is 1. The Balaban J connectivity index is 2.35. The third-order valence-corrected chi connectivity index (χ3v) is 3.72. The van der Waals surface area contributed by atoms with Crippen molar-refractivity contribution in [3.8, 4) is 0 Å². The summed E-state index contributed by atoms with van der Waals surface area (Å²) in [6.07, 6.45) is 2.38. The molecule has 0 fully saturated rings. The van der Waals surface area contributed by atoms with Gasteiger partial charge in [0.2, 0.25) is 0 Å². The second kappa shape index (κ2) is 7.45. The molecule has 2 unspecified atom stereocenters. The van der Waals surface area contributed by atoms with Crippen molar-refractivity contribution in [1.82, 2.24) is 15.6 Å². The van der Waals surface area contributed by atoms with Crippen molar-refractivity contribution in [3.63, 3.8) is 0 Å². The summed E-state index contributed by atoms with van der Waals surface area (Å²) in [6, 6.07) is 3.14. The molecule has 2 atom stereocenters. The first-order valence-electron chi connectivity index (χ1n) is 6.69. The maximum Gasteiger partial charge on any atom is 0.315 e. The maximum absolute atomic E-state index is 11.7. The minimum atomic E-state index is -0.912. The molecule has 0 spiro atoms. The van der Waals surface area contributed by atoms with Crippen molar-refractivity contribution >= 4 is 17.6 Å². The molecular formula is C14H22ClN3O2. The zero-order valence-corrected chi connectivity index (χ0v) is 12.9. The van der Waals surface area contributed by atoms with Crippen LogP contribution in [-0.2, 0) is 6.54 Å². The van der Waals surface area contributed by atoms with Gasteiger partial charge in [0.15, 0.2) is 0 Å². The van der Waals surface area contributed by atoms with Gasteiger partial charge in [0.1, 0.15) is 0 Å². The van der Waals surface area contributed by atoms with E-state index in [0.29, 0.717) is 11.6 Å². The van der Waals surface area contributed by atoms with Crippen molar-refractivity contribution in [2.45, 2.75) is 39.3 Å². The average Bonchev–Trinajstić information content (AvgIpc) is 2.43. The molecule has 1 aromatic rings. The first-order valence-corrected chi connectivity index (χ1v) is 7.07. The van der Waals surface area contributed by atoms with Crippen LogP contribution in [0.25, 0.3) is 0 Å². The second-order valence-electron chi connectivity index (χ2n) is 5.17. The Bertz CT molecular complexity index is 435. The van der Waals surface area contributed by atoms with E-state index in [1.54, 1.807) is 19.1 Å². The van der Waals surface area contributed by atoms with Crippen LogP contribution < -0.4 is 10.6 Å². The Kier molecular flexibility index (Phi) is 6.23. The average molecular weight is 300 g/mol. The van der Waals surface area contributed by atoms with Crippen LogP contribution in [-0.4, -0.2) is 28.3 Å². The van der Waals surface area contributed by atoms with Crippen molar-refractivity contribution in [2.24, 2.45) is 5.92 Å². The van der Waals surface area contributed by atoms with Gasteiger partial charge in [-0.2, -0.15) is 0 Å². The number of halogens is 1. The number of aromatic nitrogens is 1. The second-order valence-corrected chi connectivity index (χ2v) is 5.61. The van der Waals surface area contributed by atoms with Gasteiger partial charge in [-0.25, -0.2) is 4.79 Å². The minimum Gasteiger partial charge on any atom is -0.388 e. The molecule has 0 aliphatic heterocycles. The van der Waals surface area contributed by atoms with Crippen LogP contribution in [0.15, 0.2) is 18.3 Å². The Hall–Kier alpha value is -1.33. The molecule has 0 radical (unpaired) electrons. The van der Waals surface area contributed by atoms with Crippen LogP contribution in [0, 0.1) is 5.92 Å². The summed E-state index contributed by atoms with van der Waals surface area (Å²) >= 11 is 5.73. The summed E-state index contributed by atoms with van der Waals surface area (Å²) in [4.78, 5) is 15.7. The number of amides is 2. The summed E-state index contributed by atoms with van der Waals surface area (Å²) in [7, 11) is 0. The quantitative estimate of drug-likeness (QED) is 0.755. The summed E-state index contributed by atoms with van der Waals surface area (Å²) in [5, 5.41) is 16.1. The molecule has 3 N–H and O–H groups in total. The van der Waals surface area contributed by atoms with Gasteiger partial charge in [-0.15, -0.1) is 0 Å². The van der Waals surface area contributed by atoms with E-state index >= 15 is 0 Å². The number of rotatable bonds is 6. The van der Waals surface area contributed by atoms with Crippen molar-refractivity contribution in [3.05, 3.63) is 29.0 Å². The van der Waals surface area contributed by atoms with E-state index in [9.17, 15) is 9.90 Å². The van der Waals surface area contributed by atoms with E-state index in [-0.39, 0.29) is 18.5 Å². The smallest absolute Gasteiger partial charge is 0.315 e. The van der Waals surface area contributed by atoms with Gasteiger partial charge < -0.3 is 15.7 Å². The Morgan fingerprint density at radius 2 is 2.20 bits per heavy atom. The molecule has 2 amide bonds. The molecular weight excluding hydrogens is 278 g/mol. The van der Waals surface area contributed by atoms with Crippen molar-refractivity contribution in [2.75, 3.05) is 6.54 Å². The molecule has 5 nitrogen and oxygen atoms in total. The third-order valence-electron chi connectivity index (χ3n) is 3.50. The lowest BCUT2D eigenvalue weighted by molar-refractivity contribution is 0.00790. The monoisotopic (exact) mass is 299 g/mol. The molecule has 1 rings (SSSR count). The number of pyridine rings is 1. The highest BCUT2D eigenvalue weighted by molar-refractivity contribution is 6.30. The van der Waals surface area contributed by atoms with Gasteiger partial charge in [-0.3, -0.25) is 4.98 Å². The maximum atomic E-state index is 11.7. The molecule has 20 heavy (non-hydrogen) atoms. The molecule has 6 heteroatoms. The van der Waals surface area contributed by atoms with Gasteiger partial charge in [0, 0.05) is 12.7 Å². The molecule has 1 heterocycles. The molecule has 0 saturated heterocycles. The molecule has 0 bridgehead atoms. The topological polar surface area (TPSA) is 74.2 Å². The van der Waals surface area contributed by atoms with Crippen LogP contribution in [0.5, 0.6) is 0 Å². The van der Waals surface area contributed by atoms with Crippen LogP contribution in [0.1, 0.15) is 32.9 Å². The first-order chi connectivity index (χ1) is 9.35. The van der Waals surface area contributed by atoms with Crippen LogP contribution in [0.4, 0.5) is 4.79 Å². The van der Waals surface area contributed by atoms with Gasteiger partial charge in [0.05, 0.1) is 22.9 Å². The van der Waals surface area contributed by atoms with Gasteiger partial charge in [-0.05, 0) is 25.0 Å². The largest absolute Gasteiger partial charge is 0.388 e. The minimum absolute atomic E-state index is 0.112. The van der Waals surface area contributed by atoms with E-state index in [1.165, 1.54) is 6.20 Å². The summed E-state index contributed by atoms with van der Waals surface area (Å²) in [5.74, 6) is 0.112. The molecule has 0 saturated carbocycles. The number of aliphatic hydroxyl groups is 1. The lowest BCUT2D eigenvalue weighted by Gasteiger charge is -2.29. The van der Waals surface area contributed by atoms with Crippen molar-refractivity contribution < 1.29 is 9.90 Å². The highest BCUT2D eigenvalue weighted by Gasteiger charge is 2.27. The fourth-order valence-electron chi connectivity index (χ4n) is 1.62. The summed E-state index contributed by atoms with van der Waals surface area (Å²) in [6.45, 7) is 6.21. The van der Waals surface area contributed by atoms with Gasteiger partial charge in [0.25, 0.3) is 0 Å². The number of urea groups is 1. The Morgan fingerprint density at radius 3 is 2.75 bits per heavy atom. The number of nitrogens with one attached hydrogen (secondary N) is 2. The predicted octanol–water partition coefficient (Wildman–Crippen LogP) is 2.33. The predicted molar refractivity (Wildman–Crippen MR) is 79.6 cm³/mol. The first kappa shape index (κ1) is 16.7. The molecule has 0 aliphatic rings. The molecule has 112 valence electrons. The van der Waals surface area contributed by atoms with Gasteiger partial charge >= 0.3 is 6.03 Å². The SMILES string of the molecule is CCC(C)C(C)(O)CNC(=O)NCc1ccc(Cl)cn1. The van der Waals surface area contributed by atoms with E-state index in [2.05, 4.69) is 15.6 Å². The van der Waals surface area contributed by atoms with E-state index in [4.69, 9.17) is 11.6 Å². The summed E-state index contributed by atoms with van der Waals surface area (Å²) < 4.78 is 0. The van der Waals surface area contributed by atoms with E-state index < -0.39 is 5.60 Å². The fourth-order valence-corrected chi connectivity index (χ4v) is 1.73. The molecule has 0 aliphatic carbocycles. The third kappa shape index (κ3) is 5.35. The zero-order valence-electron chi connectivity index (χ0n) is 12.1. The number of carbonyl (C=O) groups excluding carboxylic acids is 1. The standard InChI is InChI=1S/C14H22ClN3O2/c1-4-10(2)14(3,20)9-18-13(19)17-8-12-6-5-11(15)7-16-12/h5-7,10,20H,4,8-9H2,1-3H3,(H2,17,18,19). The fraction of sp³-hybridized carbons (Fsp3) is 0.571. The van der Waals surface area contributed by atoms with Crippen LogP contribution in [0.3, 0.4) is 0 Å². The lowest BCUT2D eigenvalue weighted by Crippen LogP contribution is -2.47. The highest BCUT2D eigenvalue weighted by Crippen LogP contribution is 2.18. The highest BCUT2D eigenvalue weighted by atomic mass is 35.5. The number of hydrogen-bond donors (Lipinski definition) is 3. The number of carbonyl (C=O) groups is 1. The van der Waals surface area contributed by atoms with Crippen LogP contribution >= 0.6 is 11.6 Å². The molecule has 0 aromatic carbocycles. The van der Waals surface area contributed by atoms with E-state index in [0.717, 1.165) is 12.1 Å². The van der Waals surface area contributed by atoms with Crippen LogP contribution in [0.2, 0.25) is 5.02 Å². The Morgan fingerprint density at radius 1 is 1.50 bits per heavy atom. The Labute approximate surface area is 124 Å². The normalized spacial score (nSPS) is 15.2. The van der Waals surface area contributed by atoms with Crippen molar-refractivity contribution in [1.29, 1.82) is 0 Å². The zero-order chi connectivity index (χ0) is 15.2. The number of hydrogen-bond acceptors (Lipinski definition) is 3. The lowest BCUT2D eigenvalue weighted by atomic mass is 9.89. The summed E-state index contributed by atoms with van der Waals surface area (Å²) in [5.41, 5.74) is -0.192. The molecule has 1 aromatic heterocycles. The van der Waals surface area contributed by atoms with E-state index in [1.807, 2.05) is 13.8 Å². The van der Waals surface area contributed by atoms with Gasteiger partial charge in [-0.1, -0.05) is 31.9 Å².